The summed E-state index contributed by atoms with van der Waals surface area (Å²) in [5.41, 5.74) is 4.96. The Morgan fingerprint density at radius 3 is 2.43 bits per heavy atom. The van der Waals surface area contributed by atoms with Crippen molar-refractivity contribution in [3.8, 4) is 27.6 Å². The molecule has 0 unspecified atom stereocenters. The Morgan fingerprint density at radius 1 is 0.929 bits per heavy atom. The van der Waals surface area contributed by atoms with Gasteiger partial charge in [0, 0.05) is 16.8 Å². The minimum Gasteiger partial charge on any atom is -0.238 e. The lowest BCUT2D eigenvalue weighted by Crippen LogP contribution is -1.98. The molecule has 0 aliphatic heterocycles. The van der Waals surface area contributed by atoms with Crippen molar-refractivity contribution in [2.24, 2.45) is 0 Å². The van der Waals surface area contributed by atoms with Crippen molar-refractivity contribution < 1.29 is 0 Å². The van der Waals surface area contributed by atoms with Crippen LogP contribution >= 0.6 is 22.9 Å². The third-order valence-corrected chi connectivity index (χ3v) is 5.75. The van der Waals surface area contributed by atoms with Crippen molar-refractivity contribution in [3.05, 3.63) is 71.0 Å². The van der Waals surface area contributed by atoms with Gasteiger partial charge in [0.1, 0.15) is 5.01 Å². The van der Waals surface area contributed by atoms with Gasteiger partial charge >= 0.3 is 0 Å². The first-order valence-corrected chi connectivity index (χ1v) is 9.91. The molecule has 0 saturated carbocycles. The van der Waals surface area contributed by atoms with Gasteiger partial charge in [-0.25, -0.2) is 4.68 Å². The standard InChI is InChI=1S/C20H15ClN6S/c1-12-11-13(2)26(24-12)15-9-7-14(8-10-15)19-25-27-18(22-23-20(27)28-19)16-5-3-4-6-17(16)21/h3-11H,1-2H3. The van der Waals surface area contributed by atoms with E-state index < -0.39 is 0 Å². The average Bonchev–Trinajstić information content (AvgIpc) is 3.36. The number of halogens is 1. The van der Waals surface area contributed by atoms with E-state index >= 15 is 0 Å². The van der Waals surface area contributed by atoms with E-state index in [9.17, 15) is 0 Å². The maximum atomic E-state index is 6.32. The molecule has 0 amide bonds. The summed E-state index contributed by atoms with van der Waals surface area (Å²) in [6.45, 7) is 4.04. The number of rotatable bonds is 3. The van der Waals surface area contributed by atoms with Gasteiger partial charge in [-0.3, -0.25) is 0 Å². The molecule has 0 fully saturated rings. The second kappa shape index (κ2) is 6.54. The van der Waals surface area contributed by atoms with Crippen LogP contribution in [-0.4, -0.2) is 29.6 Å². The van der Waals surface area contributed by atoms with E-state index in [1.54, 1.807) is 4.52 Å². The first-order chi connectivity index (χ1) is 13.6. The Kier molecular flexibility index (Phi) is 3.99. The van der Waals surface area contributed by atoms with E-state index in [0.29, 0.717) is 10.8 Å². The molecule has 2 aromatic carbocycles. The fraction of sp³-hybridized carbons (Fsp3) is 0.100. The van der Waals surface area contributed by atoms with Crippen LogP contribution in [0.1, 0.15) is 11.4 Å². The molecule has 0 radical (unpaired) electrons. The highest BCUT2D eigenvalue weighted by Crippen LogP contribution is 2.31. The number of aryl methyl sites for hydroxylation is 2. The van der Waals surface area contributed by atoms with E-state index in [1.165, 1.54) is 11.3 Å². The Hall–Kier alpha value is -3.03. The largest absolute Gasteiger partial charge is 0.238 e. The van der Waals surface area contributed by atoms with Crippen molar-refractivity contribution >= 4 is 27.9 Å². The van der Waals surface area contributed by atoms with Crippen LogP contribution in [0.25, 0.3) is 32.6 Å². The van der Waals surface area contributed by atoms with Gasteiger partial charge in [-0.1, -0.05) is 35.1 Å². The van der Waals surface area contributed by atoms with E-state index in [2.05, 4.69) is 21.4 Å². The maximum Gasteiger partial charge on any atom is 0.235 e. The summed E-state index contributed by atoms with van der Waals surface area (Å²) in [5.74, 6) is 0.641. The first kappa shape index (κ1) is 17.1. The van der Waals surface area contributed by atoms with Gasteiger partial charge < -0.3 is 0 Å². The van der Waals surface area contributed by atoms with Gasteiger partial charge in [0.15, 0.2) is 5.82 Å². The van der Waals surface area contributed by atoms with Crippen molar-refractivity contribution in [2.75, 3.05) is 0 Å². The lowest BCUT2D eigenvalue weighted by atomic mass is 10.2. The van der Waals surface area contributed by atoms with Crippen LogP contribution in [0.4, 0.5) is 0 Å². The quantitative estimate of drug-likeness (QED) is 0.424. The Bertz CT molecular complexity index is 1300. The highest BCUT2D eigenvalue weighted by atomic mass is 35.5. The minimum absolute atomic E-state index is 0.626. The van der Waals surface area contributed by atoms with Crippen LogP contribution in [0.5, 0.6) is 0 Å². The SMILES string of the molecule is Cc1cc(C)n(-c2ccc(-c3nn4c(-c5ccccc5Cl)nnc4s3)cc2)n1. The summed E-state index contributed by atoms with van der Waals surface area (Å²) >= 11 is 7.81. The summed E-state index contributed by atoms with van der Waals surface area (Å²) in [5, 5.41) is 19.3. The molecule has 0 aliphatic rings. The summed E-state index contributed by atoms with van der Waals surface area (Å²) < 4.78 is 3.68. The van der Waals surface area contributed by atoms with Gasteiger partial charge in [0.2, 0.25) is 4.96 Å². The van der Waals surface area contributed by atoms with Crippen LogP contribution in [-0.2, 0) is 0 Å². The second-order valence-corrected chi connectivity index (χ2v) is 7.85. The van der Waals surface area contributed by atoms with Gasteiger partial charge in [-0.05, 0) is 56.3 Å². The summed E-state index contributed by atoms with van der Waals surface area (Å²) in [7, 11) is 0. The van der Waals surface area contributed by atoms with E-state index in [4.69, 9.17) is 16.7 Å². The molecule has 0 saturated heterocycles. The average molecular weight is 407 g/mol. The predicted molar refractivity (Wildman–Crippen MR) is 111 cm³/mol. The molecule has 28 heavy (non-hydrogen) atoms. The molecular weight excluding hydrogens is 392 g/mol. The smallest absolute Gasteiger partial charge is 0.235 e. The summed E-state index contributed by atoms with van der Waals surface area (Å²) in [6.07, 6.45) is 0. The zero-order valence-corrected chi connectivity index (χ0v) is 16.7. The maximum absolute atomic E-state index is 6.32. The monoisotopic (exact) mass is 406 g/mol. The van der Waals surface area contributed by atoms with Crippen LogP contribution in [0.2, 0.25) is 5.02 Å². The number of nitrogens with zero attached hydrogens (tertiary/aromatic N) is 6. The highest BCUT2D eigenvalue weighted by molar-refractivity contribution is 7.19. The van der Waals surface area contributed by atoms with Gasteiger partial charge in [0.25, 0.3) is 0 Å². The third-order valence-electron chi connectivity index (χ3n) is 4.47. The zero-order valence-electron chi connectivity index (χ0n) is 15.2. The zero-order chi connectivity index (χ0) is 19.3. The molecule has 5 rings (SSSR count). The fourth-order valence-electron chi connectivity index (χ4n) is 3.18. The molecule has 5 aromatic rings. The van der Waals surface area contributed by atoms with Gasteiger partial charge in [0.05, 0.1) is 16.4 Å². The molecule has 8 heteroatoms. The molecule has 138 valence electrons. The van der Waals surface area contributed by atoms with Gasteiger partial charge in [-0.2, -0.15) is 14.7 Å². The van der Waals surface area contributed by atoms with Crippen LogP contribution in [0.15, 0.2) is 54.6 Å². The van der Waals surface area contributed by atoms with Gasteiger partial charge in [-0.15, -0.1) is 10.2 Å². The highest BCUT2D eigenvalue weighted by Gasteiger charge is 2.16. The molecular formula is C20H15ClN6S. The number of benzene rings is 2. The van der Waals surface area contributed by atoms with Crippen molar-refractivity contribution in [2.45, 2.75) is 13.8 Å². The molecule has 0 bridgehead atoms. The minimum atomic E-state index is 0.626. The van der Waals surface area contributed by atoms with E-state index in [-0.39, 0.29) is 0 Å². The topological polar surface area (TPSA) is 60.9 Å². The molecule has 6 nitrogen and oxygen atoms in total. The predicted octanol–water partition coefficient (Wildman–Crippen LogP) is 4.98. The van der Waals surface area contributed by atoms with Crippen molar-refractivity contribution in [1.82, 2.24) is 29.6 Å². The molecule has 0 spiro atoms. The lowest BCUT2D eigenvalue weighted by molar-refractivity contribution is 0.834. The number of aromatic nitrogens is 6. The van der Waals surface area contributed by atoms with E-state index in [1.807, 2.05) is 67.1 Å². The molecule has 3 aromatic heterocycles. The molecule has 3 heterocycles. The van der Waals surface area contributed by atoms with Crippen LogP contribution < -0.4 is 0 Å². The summed E-state index contributed by atoms with van der Waals surface area (Å²) in [6, 6.07) is 17.8. The van der Waals surface area contributed by atoms with Crippen molar-refractivity contribution in [3.63, 3.8) is 0 Å². The Balaban J connectivity index is 1.53. The first-order valence-electron chi connectivity index (χ1n) is 8.71. The Labute approximate surface area is 170 Å². The molecule has 0 atom stereocenters. The fourth-order valence-corrected chi connectivity index (χ4v) is 4.24. The number of hydrogen-bond donors (Lipinski definition) is 0. The number of fused-ring (bicyclic) bond motifs is 1. The number of hydrogen-bond acceptors (Lipinski definition) is 5. The Morgan fingerprint density at radius 2 is 1.71 bits per heavy atom. The molecule has 0 N–H and O–H groups in total. The van der Waals surface area contributed by atoms with E-state index in [0.717, 1.165) is 38.2 Å². The second-order valence-electron chi connectivity index (χ2n) is 6.49. The normalized spacial score (nSPS) is 11.4. The van der Waals surface area contributed by atoms with Crippen molar-refractivity contribution in [1.29, 1.82) is 0 Å². The summed E-state index contributed by atoms with van der Waals surface area (Å²) in [4.78, 5) is 0.729. The third kappa shape index (κ3) is 2.80. The van der Waals surface area contributed by atoms with Crippen LogP contribution in [0, 0.1) is 13.8 Å². The molecule has 0 aliphatic carbocycles. The lowest BCUT2D eigenvalue weighted by Gasteiger charge is -2.05. The van der Waals surface area contributed by atoms with Crippen LogP contribution in [0.3, 0.4) is 0 Å².